The van der Waals surface area contributed by atoms with Crippen molar-refractivity contribution in [2.75, 3.05) is 34.0 Å². The van der Waals surface area contributed by atoms with Crippen LogP contribution in [0.1, 0.15) is 104 Å². The number of phenols is 2. The number of allylic oxidation sites excluding steroid dienone is 3. The molecule has 0 saturated carbocycles. The molecule has 3 fully saturated rings. The number of nitrogens with two attached hydrogens (primary N) is 1. The van der Waals surface area contributed by atoms with Crippen LogP contribution in [0, 0.1) is 56.3 Å². The number of hydrogen-bond donors (Lipinski definition) is 4. The zero-order valence-corrected chi connectivity index (χ0v) is 43.1. The predicted octanol–water partition coefficient (Wildman–Crippen LogP) is 4.55. The summed E-state index contributed by atoms with van der Waals surface area (Å²) in [7, 11) is 4.02. The highest BCUT2D eigenvalue weighted by atomic mass is 16.7. The fourth-order valence-corrected chi connectivity index (χ4v) is 14.1. The second kappa shape index (κ2) is 17.9. The fourth-order valence-electron chi connectivity index (χ4n) is 14.1. The molecule has 2 aromatic carbocycles. The number of ketones is 3. The Morgan fingerprint density at radius 2 is 1.22 bits per heavy atom. The molecule has 0 spiro atoms. The van der Waals surface area contributed by atoms with Crippen LogP contribution in [-0.4, -0.2) is 141 Å². The second-order valence-electron chi connectivity index (χ2n) is 21.9. The van der Waals surface area contributed by atoms with Crippen molar-refractivity contribution < 1.29 is 38.9 Å². The molecule has 7 heterocycles. The predicted molar refractivity (Wildman–Crippen MR) is 266 cm³/mol. The van der Waals surface area contributed by atoms with Crippen molar-refractivity contribution in [3.8, 4) is 23.6 Å². The molecule has 72 heavy (non-hydrogen) atoms. The van der Waals surface area contributed by atoms with Crippen molar-refractivity contribution in [3.05, 3.63) is 101 Å². The van der Waals surface area contributed by atoms with Crippen LogP contribution in [-0.2, 0) is 41.5 Å². The third-order valence-corrected chi connectivity index (χ3v) is 18.2. The first-order valence-corrected chi connectivity index (χ1v) is 25.3. The lowest BCUT2D eigenvalue weighted by molar-refractivity contribution is -0.124. The van der Waals surface area contributed by atoms with Gasteiger partial charge in [0, 0.05) is 87.7 Å². The van der Waals surface area contributed by atoms with Crippen LogP contribution in [0.15, 0.2) is 56.9 Å². The van der Waals surface area contributed by atoms with E-state index in [1.54, 1.807) is 20.8 Å². The Bertz CT molecular complexity index is 3010. The molecule has 9 aliphatic rings. The first-order chi connectivity index (χ1) is 34.2. The summed E-state index contributed by atoms with van der Waals surface area (Å²) >= 11 is 0. The topological polar surface area (TPSA) is 226 Å². The minimum absolute atomic E-state index is 0.0610. The number of carbonyl (C=O) groups excluding carboxylic acids is 4. The molecular weight excluding hydrogens is 913 g/mol. The summed E-state index contributed by atoms with van der Waals surface area (Å²) in [6.07, 6.45) is 1.52. The summed E-state index contributed by atoms with van der Waals surface area (Å²) < 4.78 is 11.8. The van der Waals surface area contributed by atoms with Gasteiger partial charge in [0.15, 0.2) is 24.1 Å². The zero-order valence-electron chi connectivity index (χ0n) is 43.1. The molecule has 0 radical (unpaired) electrons. The Morgan fingerprint density at radius 3 is 1.72 bits per heavy atom. The van der Waals surface area contributed by atoms with Crippen molar-refractivity contribution in [1.82, 2.24) is 24.9 Å². The Kier molecular flexibility index (Phi) is 12.3. The van der Waals surface area contributed by atoms with Gasteiger partial charge in [-0.05, 0) is 127 Å². The van der Waals surface area contributed by atoms with E-state index in [0.717, 1.165) is 50.1 Å². The molecule has 0 aromatic heterocycles. The van der Waals surface area contributed by atoms with Crippen molar-refractivity contribution in [1.29, 1.82) is 10.5 Å². The van der Waals surface area contributed by atoms with Crippen LogP contribution in [0.5, 0.6) is 11.5 Å². The lowest BCUT2D eigenvalue weighted by Crippen LogP contribution is -2.71. The zero-order chi connectivity index (χ0) is 51.8. The number of benzene rings is 2. The molecule has 378 valence electrons. The van der Waals surface area contributed by atoms with Gasteiger partial charge in [0.05, 0.1) is 36.3 Å². The number of fused-ring (bicyclic) bond motifs is 14. The normalized spacial score (nSPS) is 31.8. The molecule has 2 aromatic rings. The number of nitrogens with zero attached hydrogens (tertiary/aromatic N) is 6. The smallest absolute Gasteiger partial charge is 0.222 e. The van der Waals surface area contributed by atoms with E-state index in [9.17, 15) is 39.9 Å². The maximum absolute atomic E-state index is 13.8. The van der Waals surface area contributed by atoms with Crippen LogP contribution in [0.2, 0.25) is 0 Å². The number of nitriles is 2. The van der Waals surface area contributed by atoms with E-state index in [2.05, 4.69) is 49.2 Å². The van der Waals surface area contributed by atoms with Gasteiger partial charge in [-0.1, -0.05) is 26.0 Å². The number of likely N-dealkylation sites (N-methyl/N-ethyl adjacent to an activating group) is 2. The first kappa shape index (κ1) is 49.6. The molecule has 4 unspecified atom stereocenters. The Morgan fingerprint density at radius 1 is 0.736 bits per heavy atom. The number of amides is 1. The number of aromatic hydroxyl groups is 2. The average Bonchev–Trinajstić information content (AvgIpc) is 3.85. The molecule has 5 N–H and O–H groups in total. The number of aryl methyl sites for hydroxylation is 2. The molecule has 11 atom stereocenters. The molecular formula is C56H66N8O8. The number of carbonyl (C=O) groups is 4. The number of rotatable bonds is 4. The highest BCUT2D eigenvalue weighted by Crippen LogP contribution is 2.55. The van der Waals surface area contributed by atoms with E-state index < -0.39 is 30.3 Å². The number of piperazine rings is 2. The van der Waals surface area contributed by atoms with Gasteiger partial charge in [0.2, 0.25) is 5.91 Å². The highest BCUT2D eigenvalue weighted by molar-refractivity contribution is 6.25. The molecule has 1 amide bonds. The quantitative estimate of drug-likeness (QED) is 0.309. The van der Waals surface area contributed by atoms with E-state index in [-0.39, 0.29) is 91.1 Å². The molecule has 11 rings (SSSR count). The van der Waals surface area contributed by atoms with Crippen molar-refractivity contribution in [3.63, 3.8) is 0 Å². The molecule has 2 aliphatic carbocycles. The minimum atomic E-state index is -0.510. The largest absolute Gasteiger partial charge is 0.507 e. The van der Waals surface area contributed by atoms with Gasteiger partial charge in [-0.2, -0.15) is 10.5 Å². The van der Waals surface area contributed by atoms with Crippen LogP contribution in [0.4, 0.5) is 0 Å². The molecule has 16 nitrogen and oxygen atoms in total. The van der Waals surface area contributed by atoms with Crippen LogP contribution < -0.4 is 11.1 Å². The minimum Gasteiger partial charge on any atom is -0.507 e. The van der Waals surface area contributed by atoms with Crippen LogP contribution in [0.3, 0.4) is 0 Å². The number of nitrogens with one attached hydrogen (secondary N) is 1. The lowest BCUT2D eigenvalue weighted by atomic mass is 9.69. The number of hydrogen-bond acceptors (Lipinski definition) is 15. The first-order valence-electron chi connectivity index (χ1n) is 25.3. The average molecular weight is 979 g/mol. The Balaban J connectivity index is 0.000000168. The van der Waals surface area contributed by atoms with Gasteiger partial charge in [0.1, 0.15) is 35.4 Å². The third-order valence-electron chi connectivity index (χ3n) is 18.2. The van der Waals surface area contributed by atoms with E-state index in [0.29, 0.717) is 70.6 Å². The summed E-state index contributed by atoms with van der Waals surface area (Å²) in [4.78, 5) is 61.9. The highest BCUT2D eigenvalue weighted by Gasteiger charge is 2.60. The van der Waals surface area contributed by atoms with Gasteiger partial charge < -0.3 is 30.7 Å². The van der Waals surface area contributed by atoms with Gasteiger partial charge in [-0.25, -0.2) is 0 Å². The Labute approximate surface area is 421 Å². The lowest BCUT2D eigenvalue weighted by Gasteiger charge is -2.60. The van der Waals surface area contributed by atoms with E-state index in [4.69, 9.17) is 15.2 Å². The van der Waals surface area contributed by atoms with Crippen molar-refractivity contribution in [2.24, 2.45) is 11.7 Å². The Hall–Kier alpha value is -5.98. The van der Waals surface area contributed by atoms with Crippen molar-refractivity contribution in [2.45, 2.75) is 155 Å². The monoisotopic (exact) mass is 979 g/mol. The maximum Gasteiger partial charge on any atom is 0.222 e. The van der Waals surface area contributed by atoms with E-state index in [1.807, 2.05) is 55.6 Å². The summed E-state index contributed by atoms with van der Waals surface area (Å²) in [5.74, 6) is 0.524. The standard InChI is InChI=1S/C30H36N4O5.C26H30N4O3/c1-13(2)30(37)32-11-22-24-18(26(35)16(5)28-29(24)39-12-38-28)9-20-25-23-17(7-14(3)15(4)27(23)36)8-19(33(25)6)21(10-31)34(20)22;1-11-6-15-7-17-19(9-27)30-18(23(29(17)5)21(15)25(32)12(11)2)8-16-22(20(30)10-28)26(33)14(4)13(3)24(16)31/h7,13,19-22,25,29,36H,8-9,11-12H2,1-6H3,(H,32,37);6,17-20,23,32H,7-8,10,28H2,1-5H3/t19-,20?,21-,22-,25-,29?;17-,18?,19-,20?,23-/m00/s1. The molecule has 16 heteroatoms. The summed E-state index contributed by atoms with van der Waals surface area (Å²) in [5, 5.41) is 46.6. The van der Waals surface area contributed by atoms with Gasteiger partial charge in [0.25, 0.3) is 0 Å². The number of ether oxygens (including phenoxy) is 2. The van der Waals surface area contributed by atoms with Gasteiger partial charge >= 0.3 is 0 Å². The van der Waals surface area contributed by atoms with Gasteiger partial charge in [-0.15, -0.1) is 0 Å². The fraction of sp³-hybridized carbons (Fsp3) is 0.536. The maximum atomic E-state index is 13.8. The van der Waals surface area contributed by atoms with Gasteiger partial charge in [-0.3, -0.25) is 38.8 Å². The van der Waals surface area contributed by atoms with Crippen LogP contribution >= 0.6 is 0 Å². The van der Waals surface area contributed by atoms with E-state index in [1.165, 1.54) is 0 Å². The molecule has 7 aliphatic heterocycles. The van der Waals surface area contributed by atoms with Crippen LogP contribution in [0.25, 0.3) is 0 Å². The SMILES string of the molecule is CC1=C(C)C(=O)C2=C(CC3[C@H]4c5c(cc(C)c(C)c5O)C[C@@H]([C@H](C#N)N3C2CN)N4C)C1=O.CC1=C2OCOC2C2=C(CC3[C@H]4c5c(cc(C)c(C)c5O)C[C@@H]([C@H](C#N)N3[C@H]2CNC(=O)C(C)C)N4C)C1=O. The number of phenolic OH excluding ortho intramolecular Hbond substituents is 2. The second-order valence-corrected chi connectivity index (χ2v) is 21.9. The summed E-state index contributed by atoms with van der Waals surface area (Å²) in [6.45, 7) is 17.2. The summed E-state index contributed by atoms with van der Waals surface area (Å²) in [6, 6.07) is 6.30. The summed E-state index contributed by atoms with van der Waals surface area (Å²) in [5.41, 5.74) is 17.8. The third kappa shape index (κ3) is 6.97. The molecule has 4 bridgehead atoms. The van der Waals surface area contributed by atoms with E-state index >= 15 is 0 Å². The molecule has 3 saturated heterocycles. The van der Waals surface area contributed by atoms with Crippen molar-refractivity contribution >= 4 is 23.3 Å². The number of Topliss-reactive ketones (excluding diaryl/α,β-unsaturated/α-hetero) is 3.